The van der Waals surface area contributed by atoms with Crippen LogP contribution >= 0.6 is 0 Å². The molecule has 1 aliphatic rings. The fraction of sp³-hybridized carbons (Fsp3) is 0.625. The molecule has 106 valence electrons. The molecule has 0 saturated carbocycles. The molecule has 0 radical (unpaired) electrons. The van der Waals surface area contributed by atoms with Crippen LogP contribution in [-0.2, 0) is 0 Å². The van der Waals surface area contributed by atoms with Crippen LogP contribution < -0.4 is 15.0 Å². The van der Waals surface area contributed by atoms with Crippen molar-refractivity contribution in [1.82, 2.24) is 5.32 Å². The molecule has 19 heavy (non-hydrogen) atoms. The van der Waals surface area contributed by atoms with Crippen LogP contribution in [0.2, 0.25) is 0 Å². The van der Waals surface area contributed by atoms with Crippen LogP contribution in [0, 0.1) is 0 Å². The molecule has 1 N–H and O–H groups in total. The quantitative estimate of drug-likeness (QED) is 0.906. The first-order valence-corrected chi connectivity index (χ1v) is 7.16. The Kier molecular flexibility index (Phi) is 4.04. The van der Waals surface area contributed by atoms with Crippen molar-refractivity contribution in [2.75, 3.05) is 18.0 Å². The van der Waals surface area contributed by atoms with Crippen molar-refractivity contribution in [1.29, 1.82) is 0 Å². The summed E-state index contributed by atoms with van der Waals surface area (Å²) < 4.78 is 5.94. The maximum Gasteiger partial charge on any atom is 0.142 e. The highest BCUT2D eigenvalue weighted by atomic mass is 16.5. The lowest BCUT2D eigenvalue weighted by Gasteiger charge is -2.44. The van der Waals surface area contributed by atoms with Gasteiger partial charge >= 0.3 is 0 Å². The summed E-state index contributed by atoms with van der Waals surface area (Å²) in [6, 6.07) is 8.83. The van der Waals surface area contributed by atoms with Gasteiger partial charge < -0.3 is 15.0 Å². The van der Waals surface area contributed by atoms with E-state index in [0.717, 1.165) is 18.8 Å². The molecule has 0 bridgehead atoms. The minimum atomic E-state index is 0.128. The van der Waals surface area contributed by atoms with Gasteiger partial charge in [0.2, 0.25) is 0 Å². The first kappa shape index (κ1) is 14.2. The van der Waals surface area contributed by atoms with Crippen molar-refractivity contribution in [2.45, 2.75) is 52.3 Å². The molecule has 1 aliphatic heterocycles. The molecule has 1 unspecified atom stereocenters. The molecule has 1 saturated heterocycles. The van der Waals surface area contributed by atoms with Crippen molar-refractivity contribution >= 4 is 5.69 Å². The summed E-state index contributed by atoms with van der Waals surface area (Å²) in [5.41, 5.74) is 1.33. The van der Waals surface area contributed by atoms with Crippen LogP contribution in [0.15, 0.2) is 24.3 Å². The number of hydrogen-bond donors (Lipinski definition) is 1. The van der Waals surface area contributed by atoms with Gasteiger partial charge in [-0.25, -0.2) is 0 Å². The Morgan fingerprint density at radius 3 is 2.63 bits per heavy atom. The molecule has 2 rings (SSSR count). The average molecular weight is 262 g/mol. The lowest BCUT2D eigenvalue weighted by molar-refractivity contribution is 0.240. The summed E-state index contributed by atoms with van der Waals surface area (Å²) in [5, 5.41) is 3.63. The topological polar surface area (TPSA) is 24.5 Å². The molecule has 0 aromatic heterocycles. The van der Waals surface area contributed by atoms with E-state index in [-0.39, 0.29) is 11.6 Å². The fourth-order valence-corrected chi connectivity index (χ4v) is 2.89. The second-order valence-electron chi connectivity index (χ2n) is 6.44. The van der Waals surface area contributed by atoms with Crippen molar-refractivity contribution in [2.24, 2.45) is 0 Å². The zero-order valence-corrected chi connectivity index (χ0v) is 12.7. The maximum atomic E-state index is 5.94. The Morgan fingerprint density at radius 2 is 2.00 bits per heavy atom. The summed E-state index contributed by atoms with van der Waals surface area (Å²) in [5.74, 6) is 0.988. The number of hydrogen-bond acceptors (Lipinski definition) is 3. The number of ether oxygens (including phenoxy) is 1. The summed E-state index contributed by atoms with van der Waals surface area (Å²) >= 11 is 0. The minimum absolute atomic E-state index is 0.128. The van der Waals surface area contributed by atoms with Crippen LogP contribution in [0.5, 0.6) is 5.75 Å². The number of anilines is 1. The zero-order valence-electron chi connectivity index (χ0n) is 12.7. The van der Waals surface area contributed by atoms with Gasteiger partial charge in [0.05, 0.1) is 11.8 Å². The van der Waals surface area contributed by atoms with E-state index in [2.05, 4.69) is 63.0 Å². The predicted octanol–water partition coefficient (Wildman–Crippen LogP) is 3.05. The third-order valence-electron chi connectivity index (χ3n) is 3.29. The van der Waals surface area contributed by atoms with E-state index in [0.29, 0.717) is 6.04 Å². The number of nitrogens with zero attached hydrogens (tertiary/aromatic N) is 1. The van der Waals surface area contributed by atoms with E-state index >= 15 is 0 Å². The van der Waals surface area contributed by atoms with Gasteiger partial charge in [0.15, 0.2) is 0 Å². The van der Waals surface area contributed by atoms with Crippen molar-refractivity contribution in [3.8, 4) is 5.75 Å². The van der Waals surface area contributed by atoms with Gasteiger partial charge in [-0.1, -0.05) is 12.1 Å². The molecule has 1 heterocycles. The molecule has 1 aromatic carbocycles. The van der Waals surface area contributed by atoms with E-state index in [4.69, 9.17) is 4.74 Å². The van der Waals surface area contributed by atoms with Crippen LogP contribution in [0.1, 0.15) is 34.6 Å². The highest BCUT2D eigenvalue weighted by Gasteiger charge is 2.30. The first-order valence-electron chi connectivity index (χ1n) is 7.16. The normalized spacial score (nSPS) is 22.6. The summed E-state index contributed by atoms with van der Waals surface area (Å²) in [7, 11) is 0. The van der Waals surface area contributed by atoms with Gasteiger partial charge in [-0.05, 0) is 46.8 Å². The molecule has 0 spiro atoms. The number of para-hydroxylation sites is 2. The molecule has 3 nitrogen and oxygen atoms in total. The van der Waals surface area contributed by atoms with E-state index in [1.807, 2.05) is 6.07 Å². The SMILES string of the molecule is CC1CN(c2ccccc2OC(C)C)CC(C)(C)N1. The van der Waals surface area contributed by atoms with Crippen LogP contribution in [0.4, 0.5) is 5.69 Å². The smallest absolute Gasteiger partial charge is 0.142 e. The Labute approximate surface area is 116 Å². The largest absolute Gasteiger partial charge is 0.489 e. The maximum absolute atomic E-state index is 5.94. The van der Waals surface area contributed by atoms with E-state index in [9.17, 15) is 0 Å². The van der Waals surface area contributed by atoms with Gasteiger partial charge in [0.1, 0.15) is 5.75 Å². The first-order chi connectivity index (χ1) is 8.87. The molecule has 1 atom stereocenters. The van der Waals surface area contributed by atoms with Gasteiger partial charge in [-0.2, -0.15) is 0 Å². The third-order valence-corrected chi connectivity index (χ3v) is 3.29. The van der Waals surface area contributed by atoms with Gasteiger partial charge in [0, 0.05) is 24.7 Å². The van der Waals surface area contributed by atoms with Crippen LogP contribution in [-0.4, -0.2) is 30.8 Å². The Bertz CT molecular complexity index is 429. The predicted molar refractivity (Wildman–Crippen MR) is 81.1 cm³/mol. The number of piperazine rings is 1. The van der Waals surface area contributed by atoms with Gasteiger partial charge in [-0.15, -0.1) is 0 Å². The number of nitrogens with one attached hydrogen (secondary N) is 1. The van der Waals surface area contributed by atoms with Crippen molar-refractivity contribution in [3.63, 3.8) is 0 Å². The number of benzene rings is 1. The summed E-state index contributed by atoms with van der Waals surface area (Å²) in [6.45, 7) is 12.9. The Hall–Kier alpha value is -1.22. The number of rotatable bonds is 3. The molecule has 0 aliphatic carbocycles. The third kappa shape index (κ3) is 3.63. The zero-order chi connectivity index (χ0) is 14.0. The molecular formula is C16H26N2O. The average Bonchev–Trinajstić information content (AvgIpc) is 2.26. The lowest BCUT2D eigenvalue weighted by atomic mass is 9.98. The second kappa shape index (κ2) is 5.41. The minimum Gasteiger partial charge on any atom is -0.489 e. The monoisotopic (exact) mass is 262 g/mol. The van der Waals surface area contributed by atoms with Crippen LogP contribution in [0.25, 0.3) is 0 Å². The summed E-state index contributed by atoms with van der Waals surface area (Å²) in [6.07, 6.45) is 0.203. The van der Waals surface area contributed by atoms with Crippen molar-refractivity contribution < 1.29 is 4.74 Å². The van der Waals surface area contributed by atoms with Gasteiger partial charge in [0.25, 0.3) is 0 Å². The summed E-state index contributed by atoms with van der Waals surface area (Å²) in [4.78, 5) is 2.43. The van der Waals surface area contributed by atoms with E-state index in [1.165, 1.54) is 5.69 Å². The Morgan fingerprint density at radius 1 is 1.32 bits per heavy atom. The standard InChI is InChI=1S/C16H26N2O/c1-12(2)19-15-9-7-6-8-14(15)18-10-13(3)17-16(4,5)11-18/h6-9,12-13,17H,10-11H2,1-5H3. The highest BCUT2D eigenvalue weighted by Crippen LogP contribution is 2.31. The van der Waals surface area contributed by atoms with Crippen molar-refractivity contribution in [3.05, 3.63) is 24.3 Å². The molecule has 1 fully saturated rings. The van der Waals surface area contributed by atoms with E-state index in [1.54, 1.807) is 0 Å². The van der Waals surface area contributed by atoms with E-state index < -0.39 is 0 Å². The molecule has 3 heteroatoms. The second-order valence-corrected chi connectivity index (χ2v) is 6.44. The van der Waals surface area contributed by atoms with Gasteiger partial charge in [-0.3, -0.25) is 0 Å². The molecule has 0 amide bonds. The Balaban J connectivity index is 2.25. The fourth-order valence-electron chi connectivity index (χ4n) is 2.89. The molecule has 1 aromatic rings. The lowest BCUT2D eigenvalue weighted by Crippen LogP contribution is -2.61. The highest BCUT2D eigenvalue weighted by molar-refractivity contribution is 5.59. The molecular weight excluding hydrogens is 236 g/mol. The van der Waals surface area contributed by atoms with Crippen LogP contribution in [0.3, 0.4) is 0 Å².